The minimum atomic E-state index is 0.443. The van der Waals surface area contributed by atoms with Crippen LogP contribution >= 0.6 is 0 Å². The van der Waals surface area contributed by atoms with Gasteiger partial charge < -0.3 is 9.84 Å². The number of benzene rings is 1. The van der Waals surface area contributed by atoms with Gasteiger partial charge in [-0.1, -0.05) is 30.3 Å². The fourth-order valence-corrected chi connectivity index (χ4v) is 1.67. The van der Waals surface area contributed by atoms with Gasteiger partial charge in [0.15, 0.2) is 0 Å². The van der Waals surface area contributed by atoms with Crippen LogP contribution in [0.15, 0.2) is 54.0 Å². The first-order valence-corrected chi connectivity index (χ1v) is 5.58. The van der Waals surface area contributed by atoms with E-state index in [0.29, 0.717) is 18.8 Å². The predicted octanol–water partition coefficient (Wildman–Crippen LogP) is 3.71. The van der Waals surface area contributed by atoms with Gasteiger partial charge in [0, 0.05) is 12.8 Å². The van der Waals surface area contributed by atoms with E-state index in [9.17, 15) is 5.11 Å². The summed E-state index contributed by atoms with van der Waals surface area (Å²) >= 11 is 0. The van der Waals surface area contributed by atoms with E-state index in [1.807, 2.05) is 42.5 Å². The van der Waals surface area contributed by atoms with Crippen molar-refractivity contribution in [2.45, 2.75) is 25.9 Å². The second-order valence-corrected chi connectivity index (χ2v) is 3.88. The Balaban J connectivity index is 1.87. The van der Waals surface area contributed by atoms with Crippen molar-refractivity contribution in [3.05, 3.63) is 59.6 Å². The summed E-state index contributed by atoms with van der Waals surface area (Å²) < 4.78 is 5.71. The maximum absolute atomic E-state index is 9.35. The van der Waals surface area contributed by atoms with E-state index in [-0.39, 0.29) is 0 Å². The molecule has 0 aliphatic heterocycles. The van der Waals surface area contributed by atoms with Crippen LogP contribution in [0, 0.1) is 0 Å². The van der Waals surface area contributed by atoms with Gasteiger partial charge in [0.25, 0.3) is 0 Å². The molecule has 84 valence electrons. The number of allylic oxidation sites excluding steroid dienone is 3. The lowest BCUT2D eigenvalue weighted by Gasteiger charge is -2.08. The predicted molar refractivity (Wildman–Crippen MR) is 63.9 cm³/mol. The third-order valence-electron chi connectivity index (χ3n) is 2.58. The summed E-state index contributed by atoms with van der Waals surface area (Å²) in [4.78, 5) is 0. The molecule has 0 atom stereocenters. The van der Waals surface area contributed by atoms with Crippen molar-refractivity contribution < 1.29 is 9.84 Å². The molecule has 1 N–H and O–H groups in total. The van der Waals surface area contributed by atoms with Crippen LogP contribution in [0.3, 0.4) is 0 Å². The van der Waals surface area contributed by atoms with E-state index in [2.05, 4.69) is 0 Å². The van der Waals surface area contributed by atoms with Gasteiger partial charge in [-0.25, -0.2) is 0 Å². The molecular formula is C14H16O2. The first kappa shape index (κ1) is 10.8. The van der Waals surface area contributed by atoms with Crippen molar-refractivity contribution in [3.63, 3.8) is 0 Å². The SMILES string of the molecule is OC1=CCCC(OCc2ccccc2)=CC1. The van der Waals surface area contributed by atoms with Crippen LogP contribution in [-0.2, 0) is 11.3 Å². The summed E-state index contributed by atoms with van der Waals surface area (Å²) in [7, 11) is 0. The average molecular weight is 216 g/mol. The molecule has 0 radical (unpaired) electrons. The molecule has 0 saturated heterocycles. The number of hydrogen-bond donors (Lipinski definition) is 1. The Morgan fingerprint density at radius 2 is 1.94 bits per heavy atom. The Morgan fingerprint density at radius 3 is 2.75 bits per heavy atom. The molecule has 1 aromatic carbocycles. The maximum atomic E-state index is 9.35. The van der Waals surface area contributed by atoms with Gasteiger partial charge in [-0.15, -0.1) is 0 Å². The summed E-state index contributed by atoms with van der Waals surface area (Å²) in [6.45, 7) is 0.605. The lowest BCUT2D eigenvalue weighted by Crippen LogP contribution is -1.93. The highest BCUT2D eigenvalue weighted by molar-refractivity contribution is 5.14. The van der Waals surface area contributed by atoms with Crippen molar-refractivity contribution in [3.8, 4) is 0 Å². The highest BCUT2D eigenvalue weighted by Crippen LogP contribution is 2.17. The quantitative estimate of drug-likeness (QED) is 0.834. The topological polar surface area (TPSA) is 29.5 Å². The van der Waals surface area contributed by atoms with E-state index in [0.717, 1.165) is 18.6 Å². The average Bonchev–Trinajstić information content (AvgIpc) is 2.53. The summed E-state index contributed by atoms with van der Waals surface area (Å²) in [6.07, 6.45) is 6.13. The van der Waals surface area contributed by atoms with Crippen molar-refractivity contribution >= 4 is 0 Å². The van der Waals surface area contributed by atoms with Crippen molar-refractivity contribution in [2.24, 2.45) is 0 Å². The smallest absolute Gasteiger partial charge is 0.113 e. The Kier molecular flexibility index (Phi) is 3.65. The number of ether oxygens (including phenoxy) is 1. The molecule has 0 amide bonds. The van der Waals surface area contributed by atoms with Crippen LogP contribution < -0.4 is 0 Å². The Hall–Kier alpha value is -1.70. The van der Waals surface area contributed by atoms with Gasteiger partial charge >= 0.3 is 0 Å². The molecule has 16 heavy (non-hydrogen) atoms. The normalized spacial score (nSPS) is 16.0. The van der Waals surface area contributed by atoms with Gasteiger partial charge in [0.2, 0.25) is 0 Å². The van der Waals surface area contributed by atoms with Gasteiger partial charge in [-0.3, -0.25) is 0 Å². The molecule has 0 bridgehead atoms. The molecule has 0 spiro atoms. The van der Waals surface area contributed by atoms with Crippen LogP contribution in [0.2, 0.25) is 0 Å². The van der Waals surface area contributed by atoms with Crippen LogP contribution in [0.4, 0.5) is 0 Å². The van der Waals surface area contributed by atoms with Gasteiger partial charge in [0.05, 0.1) is 11.5 Å². The van der Waals surface area contributed by atoms with E-state index in [1.54, 1.807) is 0 Å². The van der Waals surface area contributed by atoms with Gasteiger partial charge in [-0.05, 0) is 24.1 Å². The summed E-state index contributed by atoms with van der Waals surface area (Å²) in [5, 5.41) is 9.35. The second-order valence-electron chi connectivity index (χ2n) is 3.88. The molecule has 0 fully saturated rings. The van der Waals surface area contributed by atoms with E-state index < -0.39 is 0 Å². The lowest BCUT2D eigenvalue weighted by atomic mass is 10.2. The molecule has 0 heterocycles. The molecule has 1 aromatic rings. The van der Waals surface area contributed by atoms with Crippen molar-refractivity contribution in [1.29, 1.82) is 0 Å². The molecule has 0 unspecified atom stereocenters. The molecular weight excluding hydrogens is 200 g/mol. The Morgan fingerprint density at radius 1 is 1.12 bits per heavy atom. The summed E-state index contributed by atoms with van der Waals surface area (Å²) in [5.74, 6) is 1.42. The minimum Gasteiger partial charge on any atom is -0.512 e. The highest BCUT2D eigenvalue weighted by Gasteiger charge is 2.04. The van der Waals surface area contributed by atoms with Crippen molar-refractivity contribution in [2.75, 3.05) is 0 Å². The van der Waals surface area contributed by atoms with Gasteiger partial charge in [0.1, 0.15) is 6.61 Å². The number of aliphatic hydroxyl groups excluding tert-OH is 1. The van der Waals surface area contributed by atoms with Crippen LogP contribution in [0.1, 0.15) is 24.8 Å². The zero-order chi connectivity index (χ0) is 11.2. The highest BCUT2D eigenvalue weighted by atomic mass is 16.5. The number of rotatable bonds is 3. The standard InChI is InChI=1S/C14H16O2/c15-13-7-4-8-14(10-9-13)16-11-12-5-2-1-3-6-12/h1-3,5-7,10,15H,4,8-9,11H2. The monoisotopic (exact) mass is 216 g/mol. The fraction of sp³-hybridized carbons (Fsp3) is 0.286. The summed E-state index contributed by atoms with van der Waals surface area (Å²) in [6, 6.07) is 10.1. The van der Waals surface area contributed by atoms with Gasteiger partial charge in [-0.2, -0.15) is 0 Å². The Labute approximate surface area is 95.9 Å². The van der Waals surface area contributed by atoms with Crippen LogP contribution in [0.25, 0.3) is 0 Å². The van der Waals surface area contributed by atoms with Crippen LogP contribution in [0.5, 0.6) is 0 Å². The lowest BCUT2D eigenvalue weighted by molar-refractivity contribution is 0.188. The van der Waals surface area contributed by atoms with E-state index in [4.69, 9.17) is 4.74 Å². The molecule has 0 saturated carbocycles. The summed E-state index contributed by atoms with van der Waals surface area (Å²) in [5.41, 5.74) is 1.17. The maximum Gasteiger partial charge on any atom is 0.113 e. The minimum absolute atomic E-state index is 0.443. The third-order valence-corrected chi connectivity index (χ3v) is 2.58. The molecule has 2 heteroatoms. The first-order chi connectivity index (χ1) is 7.84. The fourth-order valence-electron chi connectivity index (χ4n) is 1.67. The van der Waals surface area contributed by atoms with Crippen molar-refractivity contribution in [1.82, 2.24) is 0 Å². The molecule has 2 nitrogen and oxygen atoms in total. The largest absolute Gasteiger partial charge is 0.512 e. The molecule has 0 aromatic heterocycles. The number of hydrogen-bond acceptors (Lipinski definition) is 2. The molecule has 2 rings (SSSR count). The molecule has 1 aliphatic rings. The van der Waals surface area contributed by atoms with E-state index in [1.165, 1.54) is 5.56 Å². The zero-order valence-electron chi connectivity index (χ0n) is 9.23. The number of aliphatic hydroxyl groups is 1. The third kappa shape index (κ3) is 3.16. The van der Waals surface area contributed by atoms with E-state index >= 15 is 0 Å². The second kappa shape index (κ2) is 5.40. The first-order valence-electron chi connectivity index (χ1n) is 5.58. The zero-order valence-corrected chi connectivity index (χ0v) is 9.23. The Bertz CT molecular complexity index is 390. The van der Waals surface area contributed by atoms with Crippen LogP contribution in [-0.4, -0.2) is 5.11 Å². The molecule has 1 aliphatic carbocycles.